The smallest absolute Gasteiger partial charge is 0.362 e. The van der Waals surface area contributed by atoms with Crippen molar-refractivity contribution in [1.29, 1.82) is 0 Å². The number of rotatable bonds is 3. The van der Waals surface area contributed by atoms with Crippen LogP contribution in [0.5, 0.6) is 0 Å². The molecule has 2 unspecified atom stereocenters. The Labute approximate surface area is 204 Å². The summed E-state index contributed by atoms with van der Waals surface area (Å²) >= 11 is 21.8. The van der Waals surface area contributed by atoms with Crippen LogP contribution in [0, 0.1) is 0 Å². The molecule has 32 heavy (non-hydrogen) atoms. The number of alkyl halides is 3. The molecule has 2 heterocycles. The SMILES string of the molecule is O=C(Nc1c(Cl)cccc1Cl)c1nn2c(c1Cl)NC(c1ccc(Br)cc1)CC2C(F)(F)F. The number of para-hydroxylation sites is 1. The second-order valence-electron chi connectivity index (χ2n) is 7.05. The molecule has 2 N–H and O–H groups in total. The van der Waals surface area contributed by atoms with E-state index in [4.69, 9.17) is 34.8 Å². The van der Waals surface area contributed by atoms with E-state index in [1.165, 1.54) is 12.1 Å². The van der Waals surface area contributed by atoms with Gasteiger partial charge in [-0.3, -0.25) is 4.79 Å². The zero-order valence-electron chi connectivity index (χ0n) is 15.9. The van der Waals surface area contributed by atoms with Crippen LogP contribution in [0.25, 0.3) is 0 Å². The van der Waals surface area contributed by atoms with E-state index in [9.17, 15) is 18.0 Å². The highest BCUT2D eigenvalue weighted by Crippen LogP contribution is 2.46. The summed E-state index contributed by atoms with van der Waals surface area (Å²) in [5.74, 6) is -0.932. The lowest BCUT2D eigenvalue weighted by Crippen LogP contribution is -2.35. The summed E-state index contributed by atoms with van der Waals surface area (Å²) in [4.78, 5) is 12.8. The molecular formula is C20H13BrCl3F3N4O. The van der Waals surface area contributed by atoms with Gasteiger partial charge in [-0.05, 0) is 29.8 Å². The molecule has 12 heteroatoms. The van der Waals surface area contributed by atoms with Gasteiger partial charge in [0.25, 0.3) is 5.91 Å². The van der Waals surface area contributed by atoms with Gasteiger partial charge in [-0.15, -0.1) is 0 Å². The molecule has 2 aromatic carbocycles. The van der Waals surface area contributed by atoms with Gasteiger partial charge in [0.05, 0.1) is 21.8 Å². The molecule has 168 valence electrons. The van der Waals surface area contributed by atoms with Gasteiger partial charge in [0.1, 0.15) is 10.8 Å². The highest BCUT2D eigenvalue weighted by Gasteiger charge is 2.47. The fraction of sp³-hybridized carbons (Fsp3) is 0.200. The minimum absolute atomic E-state index is 0.0939. The first-order chi connectivity index (χ1) is 15.1. The van der Waals surface area contributed by atoms with Gasteiger partial charge < -0.3 is 10.6 Å². The van der Waals surface area contributed by atoms with Crippen molar-refractivity contribution in [3.8, 4) is 0 Å². The summed E-state index contributed by atoms with van der Waals surface area (Å²) in [5, 5.41) is 9.43. The standard InChI is InChI=1S/C20H13BrCl3F3N4O/c21-10-6-4-9(5-7-10)13-8-14(20(25,26)27)31-18(28-13)15(24)17(30-31)19(32)29-16-11(22)2-1-3-12(16)23/h1-7,13-14,28H,8H2,(H,29,32). The Bertz CT molecular complexity index is 1160. The lowest BCUT2D eigenvalue weighted by Gasteiger charge is -2.33. The summed E-state index contributed by atoms with van der Waals surface area (Å²) in [6.45, 7) is 0. The van der Waals surface area contributed by atoms with Gasteiger partial charge in [-0.1, -0.05) is 68.9 Å². The Morgan fingerprint density at radius 2 is 1.75 bits per heavy atom. The number of amides is 1. The number of benzene rings is 2. The minimum atomic E-state index is -4.61. The first kappa shape index (κ1) is 23.2. The van der Waals surface area contributed by atoms with Crippen LogP contribution in [-0.4, -0.2) is 21.9 Å². The quantitative estimate of drug-likeness (QED) is 0.344. The largest absolute Gasteiger partial charge is 0.410 e. The van der Waals surface area contributed by atoms with Crippen molar-refractivity contribution < 1.29 is 18.0 Å². The zero-order chi connectivity index (χ0) is 23.2. The zero-order valence-corrected chi connectivity index (χ0v) is 19.7. The molecule has 2 atom stereocenters. The number of nitrogens with zero attached hydrogens (tertiary/aromatic N) is 2. The number of carbonyl (C=O) groups is 1. The maximum absolute atomic E-state index is 13.9. The molecule has 1 aliphatic rings. The first-order valence-electron chi connectivity index (χ1n) is 9.18. The number of fused-ring (bicyclic) bond motifs is 1. The monoisotopic (exact) mass is 566 g/mol. The number of nitrogens with one attached hydrogen (secondary N) is 2. The molecule has 0 radical (unpaired) electrons. The number of carbonyl (C=O) groups excluding carboxylic acids is 1. The van der Waals surface area contributed by atoms with Crippen LogP contribution in [-0.2, 0) is 0 Å². The van der Waals surface area contributed by atoms with Crippen molar-refractivity contribution in [1.82, 2.24) is 9.78 Å². The second kappa shape index (κ2) is 8.78. The summed E-state index contributed by atoms with van der Waals surface area (Å²) < 4.78 is 43.2. The molecule has 0 saturated carbocycles. The van der Waals surface area contributed by atoms with E-state index < -0.39 is 24.2 Å². The maximum Gasteiger partial charge on any atom is 0.410 e. The van der Waals surface area contributed by atoms with Crippen molar-refractivity contribution in [2.45, 2.75) is 24.7 Å². The Kier molecular flexibility index (Phi) is 6.37. The van der Waals surface area contributed by atoms with Gasteiger partial charge in [-0.2, -0.15) is 18.3 Å². The van der Waals surface area contributed by atoms with Crippen LogP contribution in [0.15, 0.2) is 46.9 Å². The average molecular weight is 569 g/mol. The van der Waals surface area contributed by atoms with Crippen molar-refractivity contribution in [2.24, 2.45) is 0 Å². The highest BCUT2D eigenvalue weighted by molar-refractivity contribution is 9.10. The van der Waals surface area contributed by atoms with Gasteiger partial charge in [-0.25, -0.2) is 4.68 Å². The fourth-order valence-corrected chi connectivity index (χ4v) is 4.46. The van der Waals surface area contributed by atoms with Crippen LogP contribution in [0.2, 0.25) is 15.1 Å². The van der Waals surface area contributed by atoms with Gasteiger partial charge in [0.15, 0.2) is 11.7 Å². The van der Waals surface area contributed by atoms with E-state index in [1.807, 2.05) is 0 Å². The van der Waals surface area contributed by atoms with Crippen molar-refractivity contribution >= 4 is 68.1 Å². The molecule has 1 amide bonds. The molecule has 5 nitrogen and oxygen atoms in total. The number of hydrogen-bond donors (Lipinski definition) is 2. The Balaban J connectivity index is 1.72. The van der Waals surface area contributed by atoms with Crippen molar-refractivity contribution in [3.05, 3.63) is 73.3 Å². The van der Waals surface area contributed by atoms with E-state index in [1.54, 1.807) is 30.3 Å². The lowest BCUT2D eigenvalue weighted by molar-refractivity contribution is -0.173. The molecule has 0 saturated heterocycles. The Hall–Kier alpha value is -1.94. The lowest BCUT2D eigenvalue weighted by atomic mass is 9.97. The molecule has 1 aliphatic heterocycles. The maximum atomic E-state index is 13.9. The summed E-state index contributed by atoms with van der Waals surface area (Å²) in [6, 6.07) is 8.83. The van der Waals surface area contributed by atoms with E-state index in [0.29, 0.717) is 10.2 Å². The molecule has 4 rings (SSSR count). The Morgan fingerprint density at radius 3 is 2.34 bits per heavy atom. The summed E-state index contributed by atoms with van der Waals surface area (Å²) in [7, 11) is 0. The molecular weight excluding hydrogens is 556 g/mol. The third kappa shape index (κ3) is 4.44. The van der Waals surface area contributed by atoms with Crippen LogP contribution in [0.3, 0.4) is 0 Å². The Morgan fingerprint density at radius 1 is 1.12 bits per heavy atom. The van der Waals surface area contributed by atoms with Crippen LogP contribution < -0.4 is 10.6 Å². The van der Waals surface area contributed by atoms with Gasteiger partial charge in [0, 0.05) is 10.9 Å². The average Bonchev–Trinajstić information content (AvgIpc) is 3.06. The molecule has 0 fully saturated rings. The number of anilines is 2. The summed E-state index contributed by atoms with van der Waals surface area (Å²) in [6.07, 6.45) is -4.94. The third-order valence-electron chi connectivity index (χ3n) is 4.98. The molecule has 1 aromatic heterocycles. The molecule has 0 aliphatic carbocycles. The third-order valence-corrected chi connectivity index (χ3v) is 6.50. The minimum Gasteiger partial charge on any atom is -0.362 e. The predicted octanol–water partition coefficient (Wildman–Crippen LogP) is 7.52. The number of aromatic nitrogens is 2. The van der Waals surface area contributed by atoms with E-state index in [2.05, 4.69) is 31.7 Å². The van der Waals surface area contributed by atoms with Crippen LogP contribution in [0.4, 0.5) is 24.7 Å². The van der Waals surface area contributed by atoms with Crippen LogP contribution >= 0.6 is 50.7 Å². The topological polar surface area (TPSA) is 59.0 Å². The normalized spacial score (nSPS) is 18.1. The number of hydrogen-bond acceptors (Lipinski definition) is 3. The van der Waals surface area contributed by atoms with Crippen LogP contribution in [0.1, 0.15) is 34.6 Å². The second-order valence-corrected chi connectivity index (χ2v) is 9.16. The van der Waals surface area contributed by atoms with Gasteiger partial charge in [0.2, 0.25) is 0 Å². The fourth-order valence-electron chi connectivity index (χ4n) is 3.44. The summed E-state index contributed by atoms with van der Waals surface area (Å²) in [5.41, 5.74) is 0.367. The van der Waals surface area contributed by atoms with E-state index in [-0.39, 0.29) is 38.7 Å². The molecule has 0 bridgehead atoms. The predicted molar refractivity (Wildman–Crippen MR) is 122 cm³/mol. The van der Waals surface area contributed by atoms with E-state index in [0.717, 1.165) is 4.47 Å². The first-order valence-corrected chi connectivity index (χ1v) is 11.1. The number of halogens is 7. The van der Waals surface area contributed by atoms with Crippen molar-refractivity contribution in [2.75, 3.05) is 10.6 Å². The molecule has 0 spiro atoms. The highest BCUT2D eigenvalue weighted by atomic mass is 79.9. The van der Waals surface area contributed by atoms with E-state index >= 15 is 0 Å². The van der Waals surface area contributed by atoms with Crippen molar-refractivity contribution in [3.63, 3.8) is 0 Å². The molecule has 3 aromatic rings. The van der Waals surface area contributed by atoms with Gasteiger partial charge >= 0.3 is 6.18 Å².